The van der Waals surface area contributed by atoms with E-state index >= 15 is 0 Å². The van der Waals surface area contributed by atoms with Gasteiger partial charge in [-0.25, -0.2) is 4.79 Å². The summed E-state index contributed by atoms with van der Waals surface area (Å²) in [6, 6.07) is -7.35. The number of benzene rings is 2. The number of hydrogen-bond acceptors (Lipinski definition) is 22. The molecule has 606 valence electrons. The molecule has 1 fully saturated rings. The predicted molar refractivity (Wildman–Crippen MR) is 375 cm³/mol. The van der Waals surface area contributed by atoms with E-state index in [4.69, 9.17) is 10.3 Å². The first-order valence-electron chi connectivity index (χ1n) is 34.4. The number of likely N-dealkylation sites (tertiary alicyclic amines) is 1. The highest BCUT2D eigenvalue weighted by atomic mass is 32.3. The third-order valence-electron chi connectivity index (χ3n) is 16.7. The molecule has 20 N–H and O–H groups in total. The van der Waals surface area contributed by atoms with Gasteiger partial charge in [-0.15, -0.1) is 0 Å². The average molecular weight is 1580 g/mol. The lowest BCUT2D eigenvalue weighted by atomic mass is 9.96. The van der Waals surface area contributed by atoms with E-state index in [1.807, 2.05) is 0 Å². The minimum absolute atomic E-state index is 0.0818. The van der Waals surface area contributed by atoms with Gasteiger partial charge in [-0.05, 0) is 80.0 Å². The van der Waals surface area contributed by atoms with Gasteiger partial charge < -0.3 is 104 Å². The van der Waals surface area contributed by atoms with Gasteiger partial charge in [0, 0.05) is 52.0 Å². The number of carboxylic acids is 6. The number of primary amides is 1. The summed E-state index contributed by atoms with van der Waals surface area (Å²) in [6.07, 6.45) is -9.19. The maximum Gasteiger partial charge on any atom is 0.446 e. The molecule has 0 aliphatic carbocycles. The van der Waals surface area contributed by atoms with Crippen molar-refractivity contribution < 1.29 is 139 Å². The molecule has 2 aromatic carbocycles. The lowest BCUT2D eigenvalue weighted by molar-refractivity contribution is -0.144. The average Bonchev–Trinajstić information content (AvgIpc) is 1.61. The molecule has 13 amide bonds. The number of nitrogens with zero attached hydrogens (tertiary/aromatic N) is 1. The molecule has 0 bridgehead atoms. The molecule has 1 heterocycles. The molecule has 3 rings (SSSR count). The monoisotopic (exact) mass is 1580 g/mol. The van der Waals surface area contributed by atoms with Crippen molar-refractivity contribution in [2.75, 3.05) is 13.1 Å². The Labute approximate surface area is 628 Å². The fraction of sp³-hybridized carbons (Fsp3) is 0.537. The molecule has 42 nitrogen and oxygen atoms in total. The van der Waals surface area contributed by atoms with Crippen LogP contribution in [0.25, 0.3) is 0 Å². The van der Waals surface area contributed by atoms with Crippen molar-refractivity contribution in [3.05, 3.63) is 65.7 Å². The van der Waals surface area contributed by atoms with E-state index in [1.54, 1.807) is 26.8 Å². The topological polar surface area (TPSA) is 671 Å². The third kappa shape index (κ3) is 33.9. The number of rotatable bonds is 49. The second-order valence-electron chi connectivity index (χ2n) is 26.1. The summed E-state index contributed by atoms with van der Waals surface area (Å²) in [5.41, 5.74) is 5.64. The Morgan fingerprint density at radius 1 is 0.500 bits per heavy atom. The van der Waals surface area contributed by atoms with Crippen LogP contribution in [0.5, 0.6) is 5.75 Å². The molecule has 0 spiro atoms. The molecular weight excluding hydrogens is 1480 g/mol. The second-order valence-corrected chi connectivity index (χ2v) is 27.1. The summed E-state index contributed by atoms with van der Waals surface area (Å²) in [6.45, 7) is 6.22. The molecule has 1 saturated heterocycles. The Hall–Kier alpha value is -11.9. The van der Waals surface area contributed by atoms with Crippen LogP contribution in [0.2, 0.25) is 0 Å². The molecule has 110 heavy (non-hydrogen) atoms. The van der Waals surface area contributed by atoms with E-state index in [-0.39, 0.29) is 43.7 Å². The molecule has 1 aliphatic heterocycles. The van der Waals surface area contributed by atoms with Gasteiger partial charge in [-0.3, -0.25) is 90.9 Å². The van der Waals surface area contributed by atoms with E-state index in [2.05, 4.69) is 62.7 Å². The highest BCUT2D eigenvalue weighted by Gasteiger charge is 2.43. The van der Waals surface area contributed by atoms with Crippen LogP contribution in [0.3, 0.4) is 0 Å². The van der Waals surface area contributed by atoms with Crippen LogP contribution in [0.15, 0.2) is 54.6 Å². The Morgan fingerprint density at radius 2 is 0.909 bits per heavy atom. The maximum atomic E-state index is 14.9. The van der Waals surface area contributed by atoms with Gasteiger partial charge in [0.25, 0.3) is 0 Å². The minimum atomic E-state index is -4.99. The number of hydrogen-bond donors (Lipinski definition) is 19. The summed E-state index contributed by atoms with van der Waals surface area (Å²) in [5, 5.41) is 83.7. The SMILES string of the molecule is CC[C@H](C)[C@H](NC(=O)[C@H](CCC(=O)O)NC(=O)[C@H](CCC(=O)O)NC(=O)[C@H](Cc1ccccc1)NC(=O)[C@H](CC(=O)O)NC(=O)CNC(=O)[C@H](CC(N)=O)NC(C)=O)C(=O)N1CCC[C@H]1C(=O)N[C@@H](CCC(=O)O)C(=O)N[C@@H](CCC(=O)O)C(=O)N[C@@H](Cc1ccc(OS(=O)(=O)O)cc1)C(=O)N[C@@H](CC(C)C)C(=O)O. The zero-order chi connectivity index (χ0) is 82.9. The number of aliphatic carboxylic acids is 6. The lowest BCUT2D eigenvalue weighted by Gasteiger charge is -2.33. The first kappa shape index (κ1) is 92.3. The van der Waals surface area contributed by atoms with Crippen LogP contribution in [-0.4, -0.2) is 241 Å². The molecule has 0 aromatic heterocycles. The number of carbonyl (C=O) groups is 19. The molecule has 43 heteroatoms. The molecule has 0 saturated carbocycles. The third-order valence-corrected chi connectivity index (χ3v) is 17.1. The zero-order valence-electron chi connectivity index (χ0n) is 60.5. The van der Waals surface area contributed by atoms with Crippen LogP contribution >= 0.6 is 0 Å². The van der Waals surface area contributed by atoms with Gasteiger partial charge in [-0.2, -0.15) is 8.42 Å². The fourth-order valence-electron chi connectivity index (χ4n) is 11.0. The zero-order valence-corrected chi connectivity index (χ0v) is 61.3. The van der Waals surface area contributed by atoms with Gasteiger partial charge in [0.1, 0.15) is 72.2 Å². The van der Waals surface area contributed by atoms with Crippen LogP contribution in [-0.2, 0) is 114 Å². The van der Waals surface area contributed by atoms with Gasteiger partial charge in [0.05, 0.1) is 19.4 Å². The van der Waals surface area contributed by atoms with Gasteiger partial charge >= 0.3 is 46.2 Å². The lowest BCUT2D eigenvalue weighted by Crippen LogP contribution is -2.61. The summed E-state index contributed by atoms with van der Waals surface area (Å²) in [7, 11) is -4.99. The quantitative estimate of drug-likeness (QED) is 0.0278. The first-order chi connectivity index (χ1) is 51.5. The van der Waals surface area contributed by atoms with Crippen LogP contribution in [0, 0.1) is 11.8 Å². The van der Waals surface area contributed by atoms with Crippen LogP contribution in [0.1, 0.15) is 136 Å². The predicted octanol–water partition coefficient (Wildman–Crippen LogP) is -4.39. The van der Waals surface area contributed by atoms with Crippen molar-refractivity contribution in [2.24, 2.45) is 17.6 Å². The largest absolute Gasteiger partial charge is 0.481 e. The highest BCUT2D eigenvalue weighted by Crippen LogP contribution is 2.23. The van der Waals surface area contributed by atoms with Gasteiger partial charge in [0.2, 0.25) is 76.8 Å². The molecule has 12 atom stereocenters. The van der Waals surface area contributed by atoms with Gasteiger partial charge in [-0.1, -0.05) is 76.6 Å². The Morgan fingerprint density at radius 3 is 1.32 bits per heavy atom. The number of amides is 13. The maximum absolute atomic E-state index is 14.9. The van der Waals surface area contributed by atoms with E-state index in [1.165, 1.54) is 43.3 Å². The van der Waals surface area contributed by atoms with E-state index in [9.17, 15) is 130 Å². The summed E-state index contributed by atoms with van der Waals surface area (Å²) < 4.78 is 36.2. The first-order valence-corrected chi connectivity index (χ1v) is 35.8. The number of carbonyl (C=O) groups excluding carboxylic acids is 13. The van der Waals surface area contributed by atoms with E-state index in [0.29, 0.717) is 5.56 Å². The van der Waals surface area contributed by atoms with Crippen molar-refractivity contribution >= 4 is 123 Å². The van der Waals surface area contributed by atoms with Crippen molar-refractivity contribution in [3.8, 4) is 5.75 Å². The number of nitrogens with two attached hydrogens (primary N) is 1. The van der Waals surface area contributed by atoms with Gasteiger partial charge in [0.15, 0.2) is 0 Å². The van der Waals surface area contributed by atoms with Crippen molar-refractivity contribution in [2.45, 2.75) is 204 Å². The Kier molecular flexibility index (Phi) is 37.8. The molecule has 2 aromatic rings. The molecular formula is C67H93N13O29S. The number of carboxylic acid groups (broad SMARTS) is 6. The molecule has 1 aliphatic rings. The Balaban J connectivity index is 1.98. The van der Waals surface area contributed by atoms with Crippen LogP contribution in [0.4, 0.5) is 0 Å². The number of nitrogens with one attached hydrogen (secondary N) is 11. The summed E-state index contributed by atoms with van der Waals surface area (Å²) in [5.74, 6) is -25.7. The normalized spacial score (nSPS) is 15.5. The molecule has 0 radical (unpaired) electrons. The molecule has 0 unspecified atom stereocenters. The van der Waals surface area contributed by atoms with Crippen molar-refractivity contribution in [1.82, 2.24) is 63.4 Å². The smallest absolute Gasteiger partial charge is 0.446 e. The van der Waals surface area contributed by atoms with E-state index in [0.717, 1.165) is 24.0 Å². The van der Waals surface area contributed by atoms with Crippen molar-refractivity contribution in [1.29, 1.82) is 0 Å². The minimum Gasteiger partial charge on any atom is -0.481 e. The summed E-state index contributed by atoms with van der Waals surface area (Å²) >= 11 is 0. The highest BCUT2D eigenvalue weighted by molar-refractivity contribution is 7.81. The van der Waals surface area contributed by atoms with Crippen molar-refractivity contribution in [3.63, 3.8) is 0 Å². The second kappa shape index (κ2) is 45.0. The Bertz CT molecular complexity index is 3790. The fourth-order valence-corrected chi connectivity index (χ4v) is 11.4. The van der Waals surface area contributed by atoms with Crippen LogP contribution < -0.4 is 68.4 Å². The standard InChI is InChI=1S/C67H93N13O29S/c1-6-34(4)56(66(103)80-26-10-13-48(80)65(102)75-41(20-24-53(88)89)59(96)72-40(19-23-52(86)87)60(97)76-44(63(100)78-47(67(104)105)27-33(2)3)29-37-14-16-38(17-15-37)109-110(106,107)108)79-61(98)42(21-25-54(90)91)73-58(95)39(18-22-51(84)85)74-62(99)43(28-36-11-8-7-9-12-36)77-64(101)46(31-55(92)93)71-50(83)32-69-57(94)45(30-49(68)82)70-35(5)81/h7-9,11-12,14-17,33-34,39-48,56H,6,10,13,18-32H2,1-5H3,(H2,68,82)(H,69,94)(H,70,81)(H,71,83)(H,72,96)(H,73,95)(H,74,99)(H,75,102)(H,76,97)(H,77,101)(H,78,100)(H,79,98)(H,84,85)(H,86,87)(H,88,89)(H,90,91)(H,92,93)(H,104,105)(H,106,107,108)/t34-,39-,40-,41-,42-,43-,44-,45-,46-,47-,48-,56-/m0/s1. The van der Waals surface area contributed by atoms with E-state index < -0.39 is 285 Å². The summed E-state index contributed by atoms with van der Waals surface area (Å²) in [4.78, 5) is 251.